The molecular weight excluding hydrogens is 234 g/mol. The number of aliphatic imine (C=N–C) groups is 1. The number of methoxy groups -OCH3 is 1. The van der Waals surface area contributed by atoms with Gasteiger partial charge in [-0.3, -0.25) is 4.99 Å². The maximum absolute atomic E-state index is 5.21. The summed E-state index contributed by atoms with van der Waals surface area (Å²) in [6.07, 6.45) is 11.5. The van der Waals surface area contributed by atoms with E-state index in [1.54, 1.807) is 7.11 Å². The van der Waals surface area contributed by atoms with Gasteiger partial charge in [-0.15, -0.1) is 0 Å². The molecule has 0 radical (unpaired) electrons. The second-order valence-corrected chi connectivity index (χ2v) is 5.59. The molecule has 1 aliphatic rings. The lowest BCUT2D eigenvalue weighted by molar-refractivity contribution is 0.168. The summed E-state index contributed by atoms with van der Waals surface area (Å²) >= 11 is 0. The molecule has 1 aliphatic heterocycles. The van der Waals surface area contributed by atoms with E-state index >= 15 is 0 Å². The Morgan fingerprint density at radius 1 is 1.53 bits per heavy atom. The Kier molecular flexibility index (Phi) is 7.73. The van der Waals surface area contributed by atoms with Gasteiger partial charge in [0.15, 0.2) is 0 Å². The summed E-state index contributed by atoms with van der Waals surface area (Å²) in [6.45, 7) is 8.43. The number of hydrogen-bond acceptors (Lipinski definition) is 2. The zero-order valence-corrected chi connectivity index (χ0v) is 13.0. The summed E-state index contributed by atoms with van der Waals surface area (Å²) in [5.41, 5.74) is 2.68. The molecule has 0 N–H and O–H groups in total. The maximum Gasteiger partial charge on any atom is 0.0524 e. The van der Waals surface area contributed by atoms with Crippen molar-refractivity contribution < 1.29 is 4.74 Å². The Balaban J connectivity index is 2.41. The number of hydrogen-bond donors (Lipinski definition) is 0. The minimum absolute atomic E-state index is 0.558. The monoisotopic (exact) mass is 263 g/mol. The summed E-state index contributed by atoms with van der Waals surface area (Å²) in [7, 11) is 1.77. The molecule has 0 saturated heterocycles. The van der Waals surface area contributed by atoms with Crippen LogP contribution in [-0.4, -0.2) is 26.0 Å². The first-order valence-corrected chi connectivity index (χ1v) is 7.53. The van der Waals surface area contributed by atoms with E-state index in [2.05, 4.69) is 44.0 Å². The van der Waals surface area contributed by atoms with Gasteiger partial charge in [-0.2, -0.15) is 0 Å². The molecular formula is C17H29NO. The number of ether oxygens (including phenoxy) is 1. The third-order valence-corrected chi connectivity index (χ3v) is 3.77. The quantitative estimate of drug-likeness (QED) is 0.623. The van der Waals surface area contributed by atoms with E-state index in [0.717, 1.165) is 32.4 Å². The highest BCUT2D eigenvalue weighted by molar-refractivity contribution is 5.98. The molecule has 2 nitrogen and oxygen atoms in total. The van der Waals surface area contributed by atoms with Crippen LogP contribution in [-0.2, 0) is 4.74 Å². The molecule has 0 bridgehead atoms. The summed E-state index contributed by atoms with van der Waals surface area (Å²) in [6, 6.07) is 0. The third kappa shape index (κ3) is 6.20. The van der Waals surface area contributed by atoms with Gasteiger partial charge in [0, 0.05) is 19.4 Å². The molecule has 2 atom stereocenters. The van der Waals surface area contributed by atoms with E-state index in [1.165, 1.54) is 17.7 Å². The topological polar surface area (TPSA) is 21.6 Å². The molecule has 0 fully saturated rings. The van der Waals surface area contributed by atoms with Crippen LogP contribution in [0.5, 0.6) is 0 Å². The molecule has 1 rings (SSSR count). The highest BCUT2D eigenvalue weighted by Gasteiger charge is 2.08. The fraction of sp³-hybridized carbons (Fsp3) is 0.706. The Labute approximate surface area is 118 Å². The Morgan fingerprint density at radius 3 is 3.00 bits per heavy atom. The van der Waals surface area contributed by atoms with Crippen molar-refractivity contribution in [2.75, 3.05) is 20.3 Å². The van der Waals surface area contributed by atoms with Crippen molar-refractivity contribution in [3.63, 3.8) is 0 Å². The van der Waals surface area contributed by atoms with E-state index < -0.39 is 0 Å². The van der Waals surface area contributed by atoms with Crippen LogP contribution in [0.15, 0.2) is 28.8 Å². The fourth-order valence-corrected chi connectivity index (χ4v) is 2.29. The van der Waals surface area contributed by atoms with Crippen LogP contribution in [0.4, 0.5) is 0 Å². The van der Waals surface area contributed by atoms with E-state index in [-0.39, 0.29) is 0 Å². The number of nitrogens with zero attached hydrogens (tertiary/aromatic N) is 1. The van der Waals surface area contributed by atoms with Gasteiger partial charge in [-0.1, -0.05) is 32.1 Å². The standard InChI is InChI=1S/C17H29NO/c1-5-16(13-19-4)8-6-7-9-17-11-10-14(2)12-18-15(17)3/h6,8,11,14,16H,5,7,9-10,12-13H2,1-4H3/b8-6+. The SMILES string of the molecule is CCC(/C=C/CCC1=CCC(C)CN=C1C)COC. The summed E-state index contributed by atoms with van der Waals surface area (Å²) in [4.78, 5) is 4.65. The summed E-state index contributed by atoms with van der Waals surface area (Å²) in [5.74, 6) is 1.25. The predicted octanol–water partition coefficient (Wildman–Crippen LogP) is 4.42. The van der Waals surface area contributed by atoms with Gasteiger partial charge >= 0.3 is 0 Å². The molecule has 0 saturated carbocycles. The molecule has 1 heterocycles. The van der Waals surface area contributed by atoms with Crippen LogP contribution in [0.1, 0.15) is 46.5 Å². The molecule has 0 amide bonds. The molecule has 0 aromatic heterocycles. The lowest BCUT2D eigenvalue weighted by atomic mass is 10.0. The lowest BCUT2D eigenvalue weighted by Crippen LogP contribution is -2.03. The zero-order chi connectivity index (χ0) is 14.1. The van der Waals surface area contributed by atoms with E-state index in [1.807, 2.05) is 0 Å². The summed E-state index contributed by atoms with van der Waals surface area (Å²) in [5, 5.41) is 0. The van der Waals surface area contributed by atoms with E-state index in [4.69, 9.17) is 4.74 Å². The van der Waals surface area contributed by atoms with Crippen molar-refractivity contribution in [1.29, 1.82) is 0 Å². The lowest BCUT2D eigenvalue weighted by Gasteiger charge is -2.08. The van der Waals surface area contributed by atoms with Gasteiger partial charge in [0.05, 0.1) is 6.61 Å². The Morgan fingerprint density at radius 2 is 2.32 bits per heavy atom. The molecule has 0 aromatic carbocycles. The molecule has 108 valence electrons. The second-order valence-electron chi connectivity index (χ2n) is 5.59. The Bertz CT molecular complexity index is 341. The fourth-order valence-electron chi connectivity index (χ4n) is 2.29. The highest BCUT2D eigenvalue weighted by Crippen LogP contribution is 2.17. The van der Waals surface area contributed by atoms with Crippen LogP contribution in [0.25, 0.3) is 0 Å². The average Bonchev–Trinajstić information content (AvgIpc) is 2.57. The largest absolute Gasteiger partial charge is 0.384 e. The predicted molar refractivity (Wildman–Crippen MR) is 83.9 cm³/mol. The zero-order valence-electron chi connectivity index (χ0n) is 13.0. The normalized spacial score (nSPS) is 22.0. The van der Waals surface area contributed by atoms with Crippen LogP contribution >= 0.6 is 0 Å². The minimum Gasteiger partial charge on any atom is -0.384 e. The van der Waals surface area contributed by atoms with Gasteiger partial charge < -0.3 is 4.74 Å². The average molecular weight is 263 g/mol. The summed E-state index contributed by atoms with van der Waals surface area (Å²) < 4.78 is 5.21. The first kappa shape index (κ1) is 16.2. The van der Waals surface area contributed by atoms with Crippen molar-refractivity contribution in [2.24, 2.45) is 16.8 Å². The van der Waals surface area contributed by atoms with Gasteiger partial charge in [0.2, 0.25) is 0 Å². The molecule has 0 spiro atoms. The molecule has 2 heteroatoms. The van der Waals surface area contributed by atoms with Crippen molar-refractivity contribution >= 4 is 5.71 Å². The van der Waals surface area contributed by atoms with Crippen molar-refractivity contribution in [3.05, 3.63) is 23.8 Å². The minimum atomic E-state index is 0.558. The first-order valence-electron chi connectivity index (χ1n) is 7.53. The van der Waals surface area contributed by atoms with Crippen molar-refractivity contribution in [3.8, 4) is 0 Å². The third-order valence-electron chi connectivity index (χ3n) is 3.77. The molecule has 0 aliphatic carbocycles. The van der Waals surface area contributed by atoms with Crippen LogP contribution in [0, 0.1) is 11.8 Å². The van der Waals surface area contributed by atoms with Gasteiger partial charge in [0.1, 0.15) is 0 Å². The maximum atomic E-state index is 5.21. The van der Waals surface area contributed by atoms with Gasteiger partial charge in [-0.25, -0.2) is 0 Å². The van der Waals surface area contributed by atoms with Gasteiger partial charge in [-0.05, 0) is 50.0 Å². The smallest absolute Gasteiger partial charge is 0.0524 e. The first-order chi connectivity index (χ1) is 9.17. The van der Waals surface area contributed by atoms with Crippen molar-refractivity contribution in [2.45, 2.75) is 46.5 Å². The second kappa shape index (κ2) is 9.08. The van der Waals surface area contributed by atoms with Crippen LogP contribution in [0.2, 0.25) is 0 Å². The number of rotatable bonds is 7. The molecule has 19 heavy (non-hydrogen) atoms. The van der Waals surface area contributed by atoms with E-state index in [9.17, 15) is 0 Å². The number of allylic oxidation sites excluding steroid dienone is 3. The Hall–Kier alpha value is -0.890. The van der Waals surface area contributed by atoms with Crippen molar-refractivity contribution in [1.82, 2.24) is 0 Å². The molecule has 2 unspecified atom stereocenters. The molecule has 0 aromatic rings. The van der Waals surface area contributed by atoms with Gasteiger partial charge in [0.25, 0.3) is 0 Å². The van der Waals surface area contributed by atoms with Crippen LogP contribution < -0.4 is 0 Å². The highest BCUT2D eigenvalue weighted by atomic mass is 16.5. The van der Waals surface area contributed by atoms with E-state index in [0.29, 0.717) is 11.8 Å². The van der Waals surface area contributed by atoms with Crippen LogP contribution in [0.3, 0.4) is 0 Å².